The van der Waals surface area contributed by atoms with Crippen LogP contribution in [0.15, 0.2) is 12.2 Å². The first-order chi connectivity index (χ1) is 47.7. The second kappa shape index (κ2) is 73.1. The van der Waals surface area contributed by atoms with Crippen molar-refractivity contribution >= 4 is 39.5 Å². The van der Waals surface area contributed by atoms with Crippen molar-refractivity contribution in [2.24, 2.45) is 0 Å². The van der Waals surface area contributed by atoms with Gasteiger partial charge in [0, 0.05) is 25.7 Å². The van der Waals surface area contributed by atoms with Crippen molar-refractivity contribution in [3.05, 3.63) is 12.2 Å². The largest absolute Gasteiger partial charge is 0.472 e. The molecule has 0 aliphatic rings. The summed E-state index contributed by atoms with van der Waals surface area (Å²) in [4.78, 5) is 73.0. The number of hydrogen-bond acceptors (Lipinski definition) is 15. The Morgan fingerprint density at radius 2 is 0.469 bits per heavy atom. The molecule has 0 bridgehead atoms. The highest BCUT2D eigenvalue weighted by Gasteiger charge is 2.30. The van der Waals surface area contributed by atoms with Crippen molar-refractivity contribution in [2.75, 3.05) is 39.6 Å². The van der Waals surface area contributed by atoms with Crippen LogP contribution in [-0.4, -0.2) is 96.7 Å². The first-order valence-corrected chi connectivity index (χ1v) is 43.9. The Morgan fingerprint density at radius 3 is 0.704 bits per heavy atom. The summed E-state index contributed by atoms with van der Waals surface area (Å²) in [5.41, 5.74) is 0. The fourth-order valence-electron chi connectivity index (χ4n) is 12.0. The number of rotatable bonds is 79. The third kappa shape index (κ3) is 72.2. The maximum Gasteiger partial charge on any atom is 0.472 e. The number of aliphatic hydroxyl groups excluding tert-OH is 1. The van der Waals surface area contributed by atoms with Crippen LogP contribution in [0.5, 0.6) is 0 Å². The monoisotopic (exact) mass is 1440 g/mol. The highest BCUT2D eigenvalue weighted by atomic mass is 31.2. The van der Waals surface area contributed by atoms with Crippen molar-refractivity contribution < 1.29 is 80.2 Å². The molecule has 17 nitrogen and oxygen atoms in total. The van der Waals surface area contributed by atoms with Gasteiger partial charge < -0.3 is 33.8 Å². The van der Waals surface area contributed by atoms with E-state index < -0.39 is 97.5 Å². The van der Waals surface area contributed by atoms with Gasteiger partial charge in [0.25, 0.3) is 0 Å². The number of carbonyl (C=O) groups is 4. The molecule has 0 aliphatic heterocycles. The normalized spacial score (nSPS) is 13.9. The van der Waals surface area contributed by atoms with Gasteiger partial charge in [-0.1, -0.05) is 348 Å². The van der Waals surface area contributed by atoms with Crippen molar-refractivity contribution in [3.63, 3.8) is 0 Å². The van der Waals surface area contributed by atoms with Crippen molar-refractivity contribution in [2.45, 2.75) is 431 Å². The molecular formula is C79H152O17P2. The lowest BCUT2D eigenvalue weighted by molar-refractivity contribution is -0.161. The summed E-state index contributed by atoms with van der Waals surface area (Å²) >= 11 is 0. The van der Waals surface area contributed by atoms with Crippen LogP contribution in [0, 0.1) is 0 Å². The number of aliphatic hydroxyl groups is 1. The number of phosphoric acid groups is 2. The fourth-order valence-corrected chi connectivity index (χ4v) is 13.6. The van der Waals surface area contributed by atoms with Gasteiger partial charge in [-0.05, 0) is 51.4 Å². The van der Waals surface area contributed by atoms with E-state index in [1.54, 1.807) is 0 Å². The summed E-state index contributed by atoms with van der Waals surface area (Å²) in [6.45, 7) is 4.99. The zero-order chi connectivity index (χ0) is 71.8. The van der Waals surface area contributed by atoms with Gasteiger partial charge in [0.05, 0.1) is 26.4 Å². The van der Waals surface area contributed by atoms with Gasteiger partial charge in [0.1, 0.15) is 19.3 Å². The summed E-state index contributed by atoms with van der Waals surface area (Å²) in [6, 6.07) is 0. The van der Waals surface area contributed by atoms with Gasteiger partial charge in [0.15, 0.2) is 12.2 Å². The SMILES string of the molecule is CCCCCCCC/C=C\CCCCCCCC(=O)O[C@H](COC(=O)CCCCCCCCCCCCCCCCC)COP(=O)(O)OC[C@H](O)COP(=O)(O)OC[C@@H](COC(=O)CCCCCCCCCCCCCCC)OC(=O)CCCCCCCCCCCCCCCCC. The van der Waals surface area contributed by atoms with Gasteiger partial charge >= 0.3 is 39.5 Å². The van der Waals surface area contributed by atoms with E-state index in [4.69, 9.17) is 37.0 Å². The summed E-state index contributed by atoms with van der Waals surface area (Å²) in [6.07, 6.45) is 66.0. The van der Waals surface area contributed by atoms with E-state index in [0.29, 0.717) is 25.7 Å². The number of esters is 4. The molecule has 0 aliphatic carbocycles. The standard InChI is InChI=1S/C79H152O17P2/c1-5-9-13-17-21-25-29-33-36-40-44-48-52-56-60-64-77(82)90-70-75(96-79(84)66-62-58-54-50-46-42-38-35-31-27-23-19-15-11-7-3)72-94-98(87,88)92-68-73(80)67-91-97(85,86)93-71-74(69-89-76(81)63-59-55-51-47-43-39-32-28-24-20-16-12-8-4)95-78(83)65-61-57-53-49-45-41-37-34-30-26-22-18-14-10-6-2/h35,38,73-75,80H,5-34,36-37,39-72H2,1-4H3,(H,85,86)(H,87,88)/b38-35-/t73-,74-,75-/m1/s1. The number of allylic oxidation sites excluding steroid dienone is 2. The third-order valence-corrected chi connectivity index (χ3v) is 20.2. The zero-order valence-electron chi connectivity index (χ0n) is 63.5. The molecule has 0 saturated heterocycles. The molecule has 0 saturated carbocycles. The zero-order valence-corrected chi connectivity index (χ0v) is 65.3. The summed E-state index contributed by atoms with van der Waals surface area (Å²) in [7, 11) is -9.92. The molecule has 5 atom stereocenters. The van der Waals surface area contributed by atoms with Gasteiger partial charge in [0.2, 0.25) is 0 Å². The Morgan fingerprint density at radius 1 is 0.276 bits per heavy atom. The van der Waals surface area contributed by atoms with Crippen LogP contribution in [0.3, 0.4) is 0 Å². The summed E-state index contributed by atoms with van der Waals surface area (Å²) in [5.74, 6) is -2.12. The van der Waals surface area contributed by atoms with Crippen LogP contribution < -0.4 is 0 Å². The van der Waals surface area contributed by atoms with Gasteiger partial charge in [-0.15, -0.1) is 0 Å². The van der Waals surface area contributed by atoms with Crippen LogP contribution in [0.1, 0.15) is 413 Å². The number of ether oxygens (including phenoxy) is 4. The molecule has 0 spiro atoms. The second-order valence-electron chi connectivity index (χ2n) is 28.1. The van der Waals surface area contributed by atoms with Crippen molar-refractivity contribution in [1.82, 2.24) is 0 Å². The molecule has 98 heavy (non-hydrogen) atoms. The first-order valence-electron chi connectivity index (χ1n) is 40.9. The van der Waals surface area contributed by atoms with E-state index in [1.807, 2.05) is 0 Å². The highest BCUT2D eigenvalue weighted by Crippen LogP contribution is 2.45. The summed E-state index contributed by atoms with van der Waals surface area (Å²) in [5, 5.41) is 10.6. The van der Waals surface area contributed by atoms with E-state index in [2.05, 4.69) is 39.8 Å². The predicted molar refractivity (Wildman–Crippen MR) is 400 cm³/mol. The molecule has 3 N–H and O–H groups in total. The molecule has 0 fully saturated rings. The highest BCUT2D eigenvalue weighted by molar-refractivity contribution is 7.47. The number of carbonyl (C=O) groups excluding carboxylic acids is 4. The fraction of sp³-hybridized carbons (Fsp3) is 0.924. The number of unbranched alkanes of at least 4 members (excludes halogenated alkanes) is 51. The molecule has 580 valence electrons. The number of hydrogen-bond donors (Lipinski definition) is 3. The molecule has 2 unspecified atom stereocenters. The molecule has 0 aromatic heterocycles. The Kier molecular flexibility index (Phi) is 71.5. The molecule has 0 aromatic rings. The third-order valence-electron chi connectivity index (χ3n) is 18.3. The molecular weight excluding hydrogens is 1280 g/mol. The van der Waals surface area contributed by atoms with Gasteiger partial charge in [-0.2, -0.15) is 0 Å². The van der Waals surface area contributed by atoms with Crippen molar-refractivity contribution in [1.29, 1.82) is 0 Å². The number of phosphoric ester groups is 2. The lowest BCUT2D eigenvalue weighted by Gasteiger charge is -2.21. The molecule has 0 rings (SSSR count). The lowest BCUT2D eigenvalue weighted by atomic mass is 10.0. The average molecular weight is 1440 g/mol. The van der Waals surface area contributed by atoms with Gasteiger partial charge in [-0.25, -0.2) is 9.13 Å². The van der Waals surface area contributed by atoms with Crippen LogP contribution in [0.4, 0.5) is 0 Å². The smallest absolute Gasteiger partial charge is 0.462 e. The maximum absolute atomic E-state index is 13.1. The first kappa shape index (κ1) is 95.8. The minimum atomic E-state index is -4.96. The Labute approximate surface area is 600 Å². The van der Waals surface area contributed by atoms with E-state index in [9.17, 15) is 43.2 Å². The topological polar surface area (TPSA) is 237 Å². The van der Waals surface area contributed by atoms with E-state index >= 15 is 0 Å². The molecule has 0 radical (unpaired) electrons. The van der Waals surface area contributed by atoms with E-state index in [-0.39, 0.29) is 25.7 Å². The molecule has 19 heteroatoms. The van der Waals surface area contributed by atoms with E-state index in [0.717, 1.165) is 103 Å². The molecule has 0 heterocycles. The second-order valence-corrected chi connectivity index (χ2v) is 31.0. The predicted octanol–water partition coefficient (Wildman–Crippen LogP) is 23.6. The Balaban J connectivity index is 5.28. The Bertz CT molecular complexity index is 1910. The van der Waals surface area contributed by atoms with Crippen LogP contribution in [-0.2, 0) is 65.4 Å². The minimum absolute atomic E-state index is 0.0953. The van der Waals surface area contributed by atoms with Gasteiger partial charge in [-0.3, -0.25) is 37.3 Å². The van der Waals surface area contributed by atoms with Crippen LogP contribution in [0.2, 0.25) is 0 Å². The molecule has 0 aromatic carbocycles. The summed E-state index contributed by atoms with van der Waals surface area (Å²) < 4.78 is 68.7. The molecule has 0 amide bonds. The van der Waals surface area contributed by atoms with Crippen molar-refractivity contribution in [3.8, 4) is 0 Å². The van der Waals surface area contributed by atoms with Crippen LogP contribution >= 0.6 is 15.6 Å². The average Bonchev–Trinajstić information content (AvgIpc) is 1.04. The minimum Gasteiger partial charge on any atom is -0.462 e. The maximum atomic E-state index is 13.1. The van der Waals surface area contributed by atoms with Crippen LogP contribution in [0.25, 0.3) is 0 Å². The lowest BCUT2D eigenvalue weighted by Crippen LogP contribution is -2.30. The van der Waals surface area contributed by atoms with E-state index in [1.165, 1.54) is 231 Å². The quantitative estimate of drug-likeness (QED) is 0.0169. The Hall–Kier alpha value is -2.20.